The molecule has 0 radical (unpaired) electrons. The van der Waals surface area contributed by atoms with E-state index in [0.717, 1.165) is 0 Å². The van der Waals surface area contributed by atoms with Crippen LogP contribution in [0.3, 0.4) is 0 Å². The van der Waals surface area contributed by atoms with E-state index in [9.17, 15) is 24.6 Å². The Morgan fingerprint density at radius 1 is 0.576 bits per heavy atom. The monoisotopic (exact) mass is 446 g/mol. The van der Waals surface area contributed by atoms with Crippen molar-refractivity contribution in [2.24, 2.45) is 0 Å². The lowest BCUT2D eigenvalue weighted by Gasteiger charge is -2.30. The lowest BCUT2D eigenvalue weighted by Crippen LogP contribution is -2.29. The summed E-state index contributed by atoms with van der Waals surface area (Å²) in [5, 5.41) is 21.2. The molecule has 0 unspecified atom stereocenters. The molecule has 0 saturated carbocycles. The minimum Gasteiger partial charge on any atom is -0.478 e. The predicted octanol–water partition coefficient (Wildman–Crippen LogP) is 3.07. The van der Waals surface area contributed by atoms with Gasteiger partial charge in [0.1, 0.15) is 5.60 Å². The number of hydrogen-bond donors (Lipinski definition) is 2. The van der Waals surface area contributed by atoms with Crippen LogP contribution in [-0.4, -0.2) is 66.0 Å². The Kier molecular flexibility index (Phi) is 6.65. The Hall–Kier alpha value is -3.97. The number of hydrogen-bond acceptors (Lipinski definition) is 4. The maximum Gasteiger partial charge on any atom is 0.335 e. The van der Waals surface area contributed by atoms with Gasteiger partial charge in [0.2, 0.25) is 0 Å². The highest BCUT2D eigenvalue weighted by Crippen LogP contribution is 2.37. The summed E-state index contributed by atoms with van der Waals surface area (Å²) < 4.78 is 0. The van der Waals surface area contributed by atoms with E-state index in [1.54, 1.807) is 88.9 Å². The van der Waals surface area contributed by atoms with Gasteiger partial charge >= 0.3 is 5.97 Å². The maximum atomic E-state index is 12.3. The molecule has 170 valence electrons. The van der Waals surface area contributed by atoms with Gasteiger partial charge in [-0.15, -0.1) is 0 Å². The first-order valence-corrected chi connectivity index (χ1v) is 10.3. The van der Waals surface area contributed by atoms with Crippen LogP contribution in [0.1, 0.15) is 47.8 Å². The van der Waals surface area contributed by atoms with Crippen molar-refractivity contribution in [3.8, 4) is 0 Å². The van der Waals surface area contributed by atoms with Gasteiger partial charge in [0.25, 0.3) is 11.8 Å². The van der Waals surface area contributed by atoms with Crippen molar-refractivity contribution in [1.29, 1.82) is 0 Å². The number of benzene rings is 3. The molecule has 0 aliphatic rings. The molecule has 0 bridgehead atoms. The van der Waals surface area contributed by atoms with E-state index in [1.165, 1.54) is 21.9 Å². The summed E-state index contributed by atoms with van der Waals surface area (Å²) in [4.78, 5) is 38.8. The first kappa shape index (κ1) is 23.7. The normalized spacial score (nSPS) is 11.1. The second kappa shape index (κ2) is 9.26. The molecule has 7 heteroatoms. The van der Waals surface area contributed by atoms with Crippen LogP contribution in [-0.2, 0) is 5.60 Å². The molecule has 0 fully saturated rings. The molecule has 33 heavy (non-hydrogen) atoms. The van der Waals surface area contributed by atoms with Gasteiger partial charge in [-0.2, -0.15) is 0 Å². The Balaban J connectivity index is 2.13. The van der Waals surface area contributed by atoms with Crippen LogP contribution in [0.4, 0.5) is 0 Å². The molecule has 3 aromatic rings. The van der Waals surface area contributed by atoms with Crippen LogP contribution in [0.5, 0.6) is 0 Å². The molecule has 2 N–H and O–H groups in total. The minimum absolute atomic E-state index is 0.0972. The summed E-state index contributed by atoms with van der Waals surface area (Å²) in [6.45, 7) is 0. The molecule has 0 spiro atoms. The standard InChI is InChI=1S/C26H26N2O5/c1-27(2)23(29)17-5-11-20(12-6-17)26(33,22-15-9-19(10-16-22)25(31)32)21-13-7-18(8-14-21)24(30)28(3)4/h5-16,33H,1-4H3,(H,31,32). The lowest BCUT2D eigenvalue weighted by atomic mass is 9.79. The molecular weight excluding hydrogens is 420 g/mol. The second-order valence-corrected chi connectivity index (χ2v) is 8.15. The average molecular weight is 447 g/mol. The zero-order chi connectivity index (χ0) is 24.3. The van der Waals surface area contributed by atoms with E-state index in [-0.39, 0.29) is 17.4 Å². The highest BCUT2D eigenvalue weighted by atomic mass is 16.4. The van der Waals surface area contributed by atoms with Gasteiger partial charge in [-0.1, -0.05) is 36.4 Å². The smallest absolute Gasteiger partial charge is 0.335 e. The summed E-state index contributed by atoms with van der Waals surface area (Å²) in [5.41, 5.74) is 0.834. The topological polar surface area (TPSA) is 98.1 Å². The molecule has 0 aliphatic carbocycles. The van der Waals surface area contributed by atoms with Crippen molar-refractivity contribution in [3.63, 3.8) is 0 Å². The van der Waals surface area contributed by atoms with Crippen LogP contribution in [0.2, 0.25) is 0 Å². The van der Waals surface area contributed by atoms with Gasteiger partial charge in [0.05, 0.1) is 5.56 Å². The van der Waals surface area contributed by atoms with Crippen molar-refractivity contribution in [1.82, 2.24) is 9.80 Å². The number of carboxylic acid groups (broad SMARTS) is 1. The zero-order valence-corrected chi connectivity index (χ0v) is 18.9. The molecule has 2 amide bonds. The van der Waals surface area contributed by atoms with E-state index < -0.39 is 11.6 Å². The Bertz CT molecular complexity index is 1100. The fraction of sp³-hybridized carbons (Fsp3) is 0.192. The Labute approximate surface area is 192 Å². The summed E-state index contributed by atoms with van der Waals surface area (Å²) >= 11 is 0. The summed E-state index contributed by atoms with van der Waals surface area (Å²) in [5.74, 6) is -1.40. The second-order valence-electron chi connectivity index (χ2n) is 8.15. The average Bonchev–Trinajstić information content (AvgIpc) is 2.82. The van der Waals surface area contributed by atoms with E-state index in [1.807, 2.05) is 0 Å². The van der Waals surface area contributed by atoms with E-state index in [0.29, 0.717) is 27.8 Å². The molecule has 0 aliphatic heterocycles. The van der Waals surface area contributed by atoms with Crippen molar-refractivity contribution in [2.45, 2.75) is 5.60 Å². The zero-order valence-electron chi connectivity index (χ0n) is 18.9. The quantitative estimate of drug-likeness (QED) is 0.567. The van der Waals surface area contributed by atoms with Crippen LogP contribution in [0.15, 0.2) is 72.8 Å². The van der Waals surface area contributed by atoms with Gasteiger partial charge in [-0.05, 0) is 53.1 Å². The van der Waals surface area contributed by atoms with Gasteiger partial charge in [0, 0.05) is 39.3 Å². The number of amides is 2. The molecule has 0 aromatic heterocycles. The highest BCUT2D eigenvalue weighted by Gasteiger charge is 2.34. The molecule has 3 rings (SSSR count). The first-order chi connectivity index (χ1) is 15.6. The van der Waals surface area contributed by atoms with Crippen molar-refractivity contribution in [3.05, 3.63) is 106 Å². The summed E-state index contributed by atoms with van der Waals surface area (Å²) in [6, 6.07) is 19.2. The number of nitrogens with zero attached hydrogens (tertiary/aromatic N) is 2. The molecular formula is C26H26N2O5. The van der Waals surface area contributed by atoms with Crippen LogP contribution in [0, 0.1) is 0 Å². The Morgan fingerprint density at radius 3 is 1.09 bits per heavy atom. The first-order valence-electron chi connectivity index (χ1n) is 10.3. The largest absolute Gasteiger partial charge is 0.478 e. The van der Waals surface area contributed by atoms with Gasteiger partial charge in [-0.3, -0.25) is 9.59 Å². The fourth-order valence-electron chi connectivity index (χ4n) is 3.58. The van der Waals surface area contributed by atoms with Gasteiger partial charge in [0.15, 0.2) is 0 Å². The lowest BCUT2D eigenvalue weighted by molar-refractivity contribution is 0.0695. The van der Waals surface area contributed by atoms with Crippen molar-refractivity contribution < 1.29 is 24.6 Å². The summed E-state index contributed by atoms with van der Waals surface area (Å²) in [6.07, 6.45) is 0. The predicted molar refractivity (Wildman–Crippen MR) is 124 cm³/mol. The number of carboxylic acids is 1. The third-order valence-electron chi connectivity index (χ3n) is 5.46. The van der Waals surface area contributed by atoms with Crippen LogP contribution in [0.25, 0.3) is 0 Å². The van der Waals surface area contributed by atoms with Crippen molar-refractivity contribution >= 4 is 17.8 Å². The van der Waals surface area contributed by atoms with Gasteiger partial charge in [-0.25, -0.2) is 4.79 Å². The third-order valence-corrected chi connectivity index (χ3v) is 5.46. The number of carbonyl (C=O) groups excluding carboxylic acids is 2. The summed E-state index contributed by atoms with van der Waals surface area (Å²) in [7, 11) is 6.64. The van der Waals surface area contributed by atoms with E-state index in [2.05, 4.69) is 0 Å². The SMILES string of the molecule is CN(C)C(=O)c1ccc(C(O)(c2ccc(C(=O)O)cc2)c2ccc(C(=O)N(C)C)cc2)cc1. The van der Waals surface area contributed by atoms with Crippen LogP contribution >= 0.6 is 0 Å². The molecule has 0 saturated heterocycles. The van der Waals surface area contributed by atoms with Gasteiger partial charge < -0.3 is 20.0 Å². The number of aromatic carboxylic acids is 1. The van der Waals surface area contributed by atoms with Crippen molar-refractivity contribution in [2.75, 3.05) is 28.2 Å². The fourth-order valence-corrected chi connectivity index (χ4v) is 3.58. The number of rotatable bonds is 6. The third kappa shape index (κ3) is 4.63. The van der Waals surface area contributed by atoms with E-state index in [4.69, 9.17) is 0 Å². The molecule has 0 atom stereocenters. The number of carbonyl (C=O) groups is 3. The van der Waals surface area contributed by atoms with Crippen LogP contribution < -0.4 is 0 Å². The maximum absolute atomic E-state index is 12.3. The highest BCUT2D eigenvalue weighted by molar-refractivity contribution is 5.94. The van der Waals surface area contributed by atoms with E-state index >= 15 is 0 Å². The minimum atomic E-state index is -1.64. The molecule has 0 heterocycles. The Morgan fingerprint density at radius 2 is 0.848 bits per heavy atom. The molecule has 7 nitrogen and oxygen atoms in total. The molecule has 3 aromatic carbocycles. The number of aliphatic hydroxyl groups is 1.